The second-order valence-corrected chi connectivity index (χ2v) is 9.14. The van der Waals surface area contributed by atoms with Crippen LogP contribution in [0.3, 0.4) is 0 Å². The number of amides is 1. The first-order valence-electron chi connectivity index (χ1n) is 8.43. The summed E-state index contributed by atoms with van der Waals surface area (Å²) in [6, 6.07) is 0. The van der Waals surface area contributed by atoms with Gasteiger partial charge < -0.3 is 14.4 Å². The minimum Gasteiger partial charge on any atom is -0.444 e. The Morgan fingerprint density at radius 3 is 2.41 bits per heavy atom. The lowest BCUT2D eigenvalue weighted by atomic mass is 9.80. The van der Waals surface area contributed by atoms with Crippen LogP contribution in [0, 0.1) is 11.8 Å². The molecule has 1 saturated carbocycles. The van der Waals surface area contributed by atoms with Gasteiger partial charge in [-0.3, -0.25) is 0 Å². The molecule has 0 spiro atoms. The molecule has 0 N–H and O–H groups in total. The summed E-state index contributed by atoms with van der Waals surface area (Å²) in [6.45, 7) is 11.6. The molecule has 1 amide bonds. The summed E-state index contributed by atoms with van der Waals surface area (Å²) in [5.74, 6) is 1.51. The fourth-order valence-corrected chi connectivity index (χ4v) is 3.85. The predicted octanol–water partition coefficient (Wildman–Crippen LogP) is 4.21. The van der Waals surface area contributed by atoms with Gasteiger partial charge in [0, 0.05) is 6.54 Å². The predicted molar refractivity (Wildman–Crippen MR) is 91.4 cm³/mol. The highest BCUT2D eigenvalue weighted by Gasteiger charge is 2.38. The molecule has 0 radical (unpaired) electrons. The third kappa shape index (κ3) is 4.85. The largest absolute Gasteiger partial charge is 0.444 e. The van der Waals surface area contributed by atoms with Crippen molar-refractivity contribution in [2.75, 3.05) is 13.1 Å². The van der Waals surface area contributed by atoms with Crippen LogP contribution in [-0.2, 0) is 9.47 Å². The molecule has 22 heavy (non-hydrogen) atoms. The Balaban J connectivity index is 1.85. The standard InChI is InChI=1S/C17H30BrNO3/c1-11-6-7-13(8-12(11)2)21-15-10-19(9-14(15)18)16(20)22-17(3,4)5/h11-15H,6-10H2,1-5H3. The van der Waals surface area contributed by atoms with Gasteiger partial charge in [-0.2, -0.15) is 0 Å². The van der Waals surface area contributed by atoms with Crippen molar-refractivity contribution in [1.29, 1.82) is 0 Å². The number of carbonyl (C=O) groups excluding carboxylic acids is 1. The number of likely N-dealkylation sites (tertiary alicyclic amines) is 1. The molecule has 5 unspecified atom stereocenters. The maximum Gasteiger partial charge on any atom is 0.410 e. The molecule has 1 aliphatic carbocycles. The highest BCUT2D eigenvalue weighted by atomic mass is 79.9. The van der Waals surface area contributed by atoms with Gasteiger partial charge in [0.1, 0.15) is 5.60 Å². The second kappa shape index (κ2) is 7.08. The van der Waals surface area contributed by atoms with E-state index in [0.29, 0.717) is 19.2 Å². The van der Waals surface area contributed by atoms with Crippen LogP contribution in [0.25, 0.3) is 0 Å². The Morgan fingerprint density at radius 1 is 1.14 bits per heavy atom. The zero-order valence-corrected chi connectivity index (χ0v) is 16.1. The van der Waals surface area contributed by atoms with Crippen molar-refractivity contribution in [3.8, 4) is 0 Å². The third-order valence-electron chi connectivity index (χ3n) is 4.77. The van der Waals surface area contributed by atoms with E-state index in [9.17, 15) is 4.79 Å². The molecule has 128 valence electrons. The SMILES string of the molecule is CC1CCC(OC2CN(C(=O)OC(C)(C)C)CC2Br)CC1C. The molecular weight excluding hydrogens is 346 g/mol. The van der Waals surface area contributed by atoms with Crippen LogP contribution in [0.15, 0.2) is 0 Å². The molecule has 1 aliphatic heterocycles. The van der Waals surface area contributed by atoms with Gasteiger partial charge in [-0.05, 0) is 51.9 Å². The van der Waals surface area contributed by atoms with Crippen LogP contribution in [-0.4, -0.2) is 46.7 Å². The van der Waals surface area contributed by atoms with E-state index >= 15 is 0 Å². The van der Waals surface area contributed by atoms with E-state index < -0.39 is 5.60 Å². The average molecular weight is 376 g/mol. The van der Waals surface area contributed by atoms with Crippen molar-refractivity contribution in [2.24, 2.45) is 11.8 Å². The number of hydrogen-bond donors (Lipinski definition) is 0. The smallest absolute Gasteiger partial charge is 0.410 e. The van der Waals surface area contributed by atoms with Gasteiger partial charge in [-0.1, -0.05) is 29.8 Å². The number of carbonyl (C=O) groups is 1. The highest BCUT2D eigenvalue weighted by Crippen LogP contribution is 2.33. The van der Waals surface area contributed by atoms with E-state index in [4.69, 9.17) is 9.47 Å². The molecule has 1 heterocycles. The fourth-order valence-electron chi connectivity index (χ4n) is 3.21. The van der Waals surface area contributed by atoms with E-state index in [0.717, 1.165) is 24.7 Å². The van der Waals surface area contributed by atoms with Gasteiger partial charge in [0.15, 0.2) is 0 Å². The molecule has 0 aromatic carbocycles. The molecule has 2 aliphatic rings. The van der Waals surface area contributed by atoms with E-state index in [1.807, 2.05) is 20.8 Å². The maximum atomic E-state index is 12.2. The van der Waals surface area contributed by atoms with Gasteiger partial charge in [-0.25, -0.2) is 4.79 Å². The van der Waals surface area contributed by atoms with Crippen molar-refractivity contribution in [2.45, 2.75) is 76.5 Å². The number of ether oxygens (including phenoxy) is 2. The highest BCUT2D eigenvalue weighted by molar-refractivity contribution is 9.09. The molecular formula is C17H30BrNO3. The third-order valence-corrected chi connectivity index (χ3v) is 5.65. The van der Waals surface area contributed by atoms with E-state index in [1.54, 1.807) is 4.90 Å². The number of halogens is 1. The topological polar surface area (TPSA) is 38.8 Å². The monoisotopic (exact) mass is 375 g/mol. The summed E-state index contributed by atoms with van der Waals surface area (Å²) in [5, 5.41) is 0. The van der Waals surface area contributed by atoms with Gasteiger partial charge in [0.25, 0.3) is 0 Å². The molecule has 0 aromatic heterocycles. The van der Waals surface area contributed by atoms with Crippen LogP contribution in [0.1, 0.15) is 53.9 Å². The van der Waals surface area contributed by atoms with Crippen molar-refractivity contribution in [1.82, 2.24) is 4.90 Å². The lowest BCUT2D eigenvalue weighted by Crippen LogP contribution is -2.37. The normalized spacial score (nSPS) is 36.5. The minimum atomic E-state index is -0.452. The lowest BCUT2D eigenvalue weighted by molar-refractivity contribution is -0.0412. The molecule has 4 nitrogen and oxygen atoms in total. The van der Waals surface area contributed by atoms with Gasteiger partial charge >= 0.3 is 6.09 Å². The maximum absolute atomic E-state index is 12.2. The summed E-state index contributed by atoms with van der Waals surface area (Å²) in [7, 11) is 0. The van der Waals surface area contributed by atoms with Crippen LogP contribution >= 0.6 is 15.9 Å². The number of nitrogens with zero attached hydrogens (tertiary/aromatic N) is 1. The molecule has 0 bridgehead atoms. The molecule has 2 rings (SSSR count). The van der Waals surface area contributed by atoms with Crippen LogP contribution in [0.4, 0.5) is 4.79 Å². The molecule has 1 saturated heterocycles. The Morgan fingerprint density at radius 2 is 1.82 bits per heavy atom. The van der Waals surface area contributed by atoms with E-state index in [-0.39, 0.29) is 17.0 Å². The number of hydrogen-bond acceptors (Lipinski definition) is 3. The fraction of sp³-hybridized carbons (Fsp3) is 0.941. The van der Waals surface area contributed by atoms with Gasteiger partial charge in [0.2, 0.25) is 0 Å². The Hall–Kier alpha value is -0.290. The molecule has 5 heteroatoms. The molecule has 2 fully saturated rings. The number of rotatable bonds is 2. The molecule has 0 aromatic rings. The Labute approximate surface area is 143 Å². The van der Waals surface area contributed by atoms with Crippen molar-refractivity contribution < 1.29 is 14.3 Å². The minimum absolute atomic E-state index is 0.0677. The van der Waals surface area contributed by atoms with Crippen LogP contribution in [0.2, 0.25) is 0 Å². The first kappa shape index (κ1) is 18.1. The first-order chi connectivity index (χ1) is 10.2. The zero-order valence-electron chi connectivity index (χ0n) is 14.5. The zero-order chi connectivity index (χ0) is 16.5. The Bertz CT molecular complexity index is 396. The summed E-state index contributed by atoms with van der Waals surface area (Å²) in [5.41, 5.74) is -0.452. The van der Waals surface area contributed by atoms with Gasteiger partial charge in [-0.15, -0.1) is 0 Å². The number of alkyl halides is 1. The molecule has 5 atom stereocenters. The van der Waals surface area contributed by atoms with Crippen molar-refractivity contribution in [3.05, 3.63) is 0 Å². The van der Waals surface area contributed by atoms with Crippen molar-refractivity contribution in [3.63, 3.8) is 0 Å². The summed E-state index contributed by atoms with van der Waals surface area (Å²) in [4.78, 5) is 14.1. The van der Waals surface area contributed by atoms with Gasteiger partial charge in [0.05, 0.1) is 23.6 Å². The quantitative estimate of drug-likeness (QED) is 0.678. The summed E-state index contributed by atoms with van der Waals surface area (Å²) in [6.07, 6.45) is 3.65. The Kier molecular flexibility index (Phi) is 5.81. The van der Waals surface area contributed by atoms with Crippen molar-refractivity contribution >= 4 is 22.0 Å². The average Bonchev–Trinajstić information content (AvgIpc) is 2.74. The van der Waals surface area contributed by atoms with Crippen LogP contribution in [0.5, 0.6) is 0 Å². The van der Waals surface area contributed by atoms with E-state index in [2.05, 4.69) is 29.8 Å². The van der Waals surface area contributed by atoms with E-state index in [1.165, 1.54) is 6.42 Å². The summed E-state index contributed by atoms with van der Waals surface area (Å²) < 4.78 is 11.7. The lowest BCUT2D eigenvalue weighted by Gasteiger charge is -2.34. The van der Waals surface area contributed by atoms with Crippen LogP contribution < -0.4 is 0 Å². The second-order valence-electron chi connectivity index (χ2n) is 7.97. The summed E-state index contributed by atoms with van der Waals surface area (Å²) >= 11 is 3.67. The first-order valence-corrected chi connectivity index (χ1v) is 9.34.